The van der Waals surface area contributed by atoms with Gasteiger partial charge in [-0.05, 0) is 67.1 Å². The third-order valence-electron chi connectivity index (χ3n) is 7.16. The second-order valence-corrected chi connectivity index (χ2v) is 9.84. The zero-order chi connectivity index (χ0) is 29.4. The van der Waals surface area contributed by atoms with Gasteiger partial charge in [0, 0.05) is 43.9 Å². The molecule has 2 aliphatic heterocycles. The number of hydrogen-bond acceptors (Lipinski definition) is 6. The van der Waals surface area contributed by atoms with Gasteiger partial charge in [-0.1, -0.05) is 6.07 Å². The van der Waals surface area contributed by atoms with E-state index in [1.54, 1.807) is 13.0 Å². The molecule has 0 aliphatic carbocycles. The molecule has 3 aromatic rings. The summed E-state index contributed by atoms with van der Waals surface area (Å²) in [6.45, 7) is 3.14. The van der Waals surface area contributed by atoms with Crippen molar-refractivity contribution < 1.29 is 41.0 Å². The lowest BCUT2D eigenvalue weighted by Crippen LogP contribution is -2.64. The lowest BCUT2D eigenvalue weighted by Gasteiger charge is -2.52. The van der Waals surface area contributed by atoms with Crippen LogP contribution in [0, 0.1) is 11.6 Å². The maximum absolute atomic E-state index is 13.9. The van der Waals surface area contributed by atoms with Crippen LogP contribution in [0.25, 0.3) is 0 Å². The van der Waals surface area contributed by atoms with Crippen molar-refractivity contribution in [2.45, 2.75) is 38.3 Å². The Morgan fingerprint density at radius 1 is 0.976 bits per heavy atom. The van der Waals surface area contributed by atoms with Gasteiger partial charge in [0.25, 0.3) is 5.91 Å². The Balaban J connectivity index is 1.46. The summed E-state index contributed by atoms with van der Waals surface area (Å²) in [4.78, 5) is 29.8. The molecular formula is C29H26F5N3O4. The van der Waals surface area contributed by atoms with Crippen LogP contribution in [0.1, 0.15) is 46.0 Å². The molecule has 3 aromatic carbocycles. The number of nitrogens with one attached hydrogen (secondary N) is 1. The molecule has 1 fully saturated rings. The number of rotatable bonds is 6. The molecule has 1 amide bonds. The van der Waals surface area contributed by atoms with Gasteiger partial charge in [-0.3, -0.25) is 14.6 Å². The number of anilines is 2. The first-order valence-electron chi connectivity index (χ1n) is 12.9. The van der Waals surface area contributed by atoms with E-state index in [-0.39, 0.29) is 17.7 Å². The lowest BCUT2D eigenvalue weighted by atomic mass is 9.88. The van der Waals surface area contributed by atoms with Crippen LogP contribution in [0.2, 0.25) is 0 Å². The largest absolute Gasteiger partial charge is 0.573 e. The van der Waals surface area contributed by atoms with E-state index in [0.29, 0.717) is 49.4 Å². The van der Waals surface area contributed by atoms with E-state index in [4.69, 9.17) is 4.74 Å². The van der Waals surface area contributed by atoms with Crippen LogP contribution in [0.5, 0.6) is 5.75 Å². The van der Waals surface area contributed by atoms with Crippen molar-refractivity contribution in [3.05, 3.63) is 89.0 Å². The van der Waals surface area contributed by atoms with E-state index >= 15 is 0 Å². The Labute approximate surface area is 232 Å². The van der Waals surface area contributed by atoms with Crippen LogP contribution >= 0.6 is 0 Å². The summed E-state index contributed by atoms with van der Waals surface area (Å²) in [5.74, 6) is -3.23. The van der Waals surface area contributed by atoms with Gasteiger partial charge in [-0.2, -0.15) is 0 Å². The Hall–Kier alpha value is -4.19. The minimum atomic E-state index is -4.86. The van der Waals surface area contributed by atoms with Crippen molar-refractivity contribution in [1.82, 2.24) is 4.90 Å². The fraction of sp³-hybridized carbons (Fsp3) is 0.310. The Morgan fingerprint density at radius 2 is 1.68 bits per heavy atom. The second kappa shape index (κ2) is 11.0. The minimum absolute atomic E-state index is 0.182. The first kappa shape index (κ1) is 28.3. The van der Waals surface area contributed by atoms with E-state index < -0.39 is 41.3 Å². The first-order valence-corrected chi connectivity index (χ1v) is 12.9. The molecule has 5 rings (SSSR count). The van der Waals surface area contributed by atoms with Crippen molar-refractivity contribution in [1.29, 1.82) is 0 Å². The topological polar surface area (TPSA) is 71.1 Å². The number of carbonyl (C=O) groups excluding carboxylic acids is 2. The minimum Gasteiger partial charge on any atom is -0.462 e. The fourth-order valence-corrected chi connectivity index (χ4v) is 5.28. The van der Waals surface area contributed by atoms with E-state index in [1.807, 2.05) is 4.90 Å². The van der Waals surface area contributed by atoms with Gasteiger partial charge in [-0.25, -0.2) is 13.6 Å². The SMILES string of the molecule is CCOC(=O)c1ccc2c(c1)NC1(CCN(Cc3ccc(F)c(F)c3)CC1)N(c1ccc(OC(F)(F)F)cc1)C2=O. The fourth-order valence-electron chi connectivity index (χ4n) is 5.28. The normalized spacial score (nSPS) is 16.7. The van der Waals surface area contributed by atoms with Crippen LogP contribution in [0.15, 0.2) is 60.7 Å². The van der Waals surface area contributed by atoms with Crippen LogP contribution in [-0.4, -0.2) is 48.5 Å². The van der Waals surface area contributed by atoms with Crippen molar-refractivity contribution in [2.75, 3.05) is 29.9 Å². The van der Waals surface area contributed by atoms with Gasteiger partial charge >= 0.3 is 12.3 Å². The summed E-state index contributed by atoms with van der Waals surface area (Å²) in [7, 11) is 0. The molecule has 0 aromatic heterocycles. The molecular weight excluding hydrogens is 549 g/mol. The summed E-state index contributed by atoms with van der Waals surface area (Å²) in [6.07, 6.45) is -4.10. The van der Waals surface area contributed by atoms with Crippen LogP contribution in [0.4, 0.5) is 33.3 Å². The molecule has 12 heteroatoms. The van der Waals surface area contributed by atoms with Gasteiger partial charge in [0.1, 0.15) is 11.4 Å². The van der Waals surface area contributed by atoms with Gasteiger partial charge < -0.3 is 14.8 Å². The smallest absolute Gasteiger partial charge is 0.462 e. The summed E-state index contributed by atoms with van der Waals surface area (Å²) < 4.78 is 74.3. The quantitative estimate of drug-likeness (QED) is 0.283. The Kier molecular flexibility index (Phi) is 7.60. The van der Waals surface area contributed by atoms with Crippen LogP contribution in [-0.2, 0) is 11.3 Å². The number of alkyl halides is 3. The molecule has 1 N–H and O–H groups in total. The van der Waals surface area contributed by atoms with E-state index in [9.17, 15) is 31.5 Å². The van der Waals surface area contributed by atoms with Gasteiger partial charge in [-0.15, -0.1) is 13.2 Å². The number of benzene rings is 3. The number of hydrogen-bond donors (Lipinski definition) is 1. The van der Waals surface area contributed by atoms with Gasteiger partial charge in [0.15, 0.2) is 11.6 Å². The van der Waals surface area contributed by atoms with E-state index in [2.05, 4.69) is 10.1 Å². The molecule has 2 heterocycles. The third-order valence-corrected chi connectivity index (χ3v) is 7.16. The van der Waals surface area contributed by atoms with Crippen molar-refractivity contribution >= 4 is 23.3 Å². The van der Waals surface area contributed by atoms with Gasteiger partial charge in [0.2, 0.25) is 0 Å². The molecule has 1 saturated heterocycles. The maximum atomic E-state index is 13.9. The third kappa shape index (κ3) is 5.97. The Bertz CT molecular complexity index is 1450. The number of nitrogens with zero attached hydrogens (tertiary/aromatic N) is 2. The predicted octanol–water partition coefficient (Wildman–Crippen LogP) is 6.10. The standard InChI is InChI=1S/C29H26F5N3O4/c1-2-40-27(39)19-4-9-22-25(16-19)35-28(11-13-36(14-12-28)17-18-3-10-23(30)24(31)15-18)37(26(22)38)20-5-7-21(8-6-20)41-29(32,33)34/h3-10,15-16,35H,2,11-14,17H2,1H3. The summed E-state index contributed by atoms with van der Waals surface area (Å²) >= 11 is 0. The van der Waals surface area contributed by atoms with E-state index in [1.165, 1.54) is 35.2 Å². The summed E-state index contributed by atoms with van der Waals surface area (Å²) in [6, 6.07) is 13.3. The molecule has 0 radical (unpaired) electrons. The Morgan fingerprint density at radius 3 is 2.32 bits per heavy atom. The number of amides is 1. The number of piperidine rings is 1. The average Bonchev–Trinajstić information content (AvgIpc) is 2.92. The molecule has 7 nitrogen and oxygen atoms in total. The zero-order valence-electron chi connectivity index (χ0n) is 21.9. The summed E-state index contributed by atoms with van der Waals surface area (Å²) in [5.41, 5.74) is 0.930. The lowest BCUT2D eigenvalue weighted by molar-refractivity contribution is -0.274. The molecule has 0 unspecified atom stereocenters. The van der Waals surface area contributed by atoms with Crippen molar-refractivity contribution in [3.63, 3.8) is 0 Å². The van der Waals surface area contributed by atoms with E-state index in [0.717, 1.165) is 24.3 Å². The zero-order valence-corrected chi connectivity index (χ0v) is 21.9. The molecule has 216 valence electrons. The van der Waals surface area contributed by atoms with Crippen LogP contribution in [0.3, 0.4) is 0 Å². The molecule has 41 heavy (non-hydrogen) atoms. The highest BCUT2D eigenvalue weighted by Crippen LogP contribution is 2.42. The number of halogens is 5. The molecule has 1 spiro atoms. The number of likely N-dealkylation sites (tertiary alicyclic amines) is 1. The average molecular weight is 576 g/mol. The predicted molar refractivity (Wildman–Crippen MR) is 140 cm³/mol. The number of fused-ring (bicyclic) bond motifs is 1. The highest BCUT2D eigenvalue weighted by atomic mass is 19.4. The molecule has 2 aliphatic rings. The molecule has 0 bridgehead atoms. The number of carbonyl (C=O) groups is 2. The second-order valence-electron chi connectivity index (χ2n) is 9.84. The first-order chi connectivity index (χ1) is 19.5. The monoisotopic (exact) mass is 575 g/mol. The highest BCUT2D eigenvalue weighted by molar-refractivity contribution is 6.13. The number of ether oxygens (including phenoxy) is 2. The number of esters is 1. The highest BCUT2D eigenvalue weighted by Gasteiger charge is 2.47. The van der Waals surface area contributed by atoms with Crippen molar-refractivity contribution in [3.8, 4) is 5.75 Å². The van der Waals surface area contributed by atoms with Crippen LogP contribution < -0.4 is 15.0 Å². The van der Waals surface area contributed by atoms with Gasteiger partial charge in [0.05, 0.1) is 17.7 Å². The molecule has 0 atom stereocenters. The maximum Gasteiger partial charge on any atom is 0.573 e. The summed E-state index contributed by atoms with van der Waals surface area (Å²) in [5, 5.41) is 3.43. The van der Waals surface area contributed by atoms with Crippen molar-refractivity contribution in [2.24, 2.45) is 0 Å². The molecule has 0 saturated carbocycles.